The van der Waals surface area contributed by atoms with Crippen molar-refractivity contribution < 1.29 is 8.42 Å². The second-order valence-corrected chi connectivity index (χ2v) is 7.12. The van der Waals surface area contributed by atoms with E-state index >= 15 is 0 Å². The molecule has 0 radical (unpaired) electrons. The van der Waals surface area contributed by atoms with Gasteiger partial charge in [-0.25, -0.2) is 13.1 Å². The Hall–Kier alpha value is -1.06. The standard InChI is InChI=1S/C14H17ClN2O2S/c1-10-7-12(10)9-17-20(18,19)14-5-4-11(3-2-6-16)8-13(14)15/h4-5,8,10,12,17H,6-7,9,16H2,1H3. The maximum atomic E-state index is 12.2. The first-order valence-corrected chi connectivity index (χ1v) is 8.28. The number of hydrogen-bond donors (Lipinski definition) is 2. The van der Waals surface area contributed by atoms with Gasteiger partial charge in [0.25, 0.3) is 0 Å². The number of halogens is 1. The lowest BCUT2D eigenvalue weighted by Crippen LogP contribution is -2.26. The average Bonchev–Trinajstić information content (AvgIpc) is 3.10. The summed E-state index contributed by atoms with van der Waals surface area (Å²) in [5, 5.41) is 0.171. The summed E-state index contributed by atoms with van der Waals surface area (Å²) >= 11 is 6.03. The fourth-order valence-corrected chi connectivity index (χ4v) is 3.56. The van der Waals surface area contributed by atoms with Crippen molar-refractivity contribution in [1.29, 1.82) is 0 Å². The zero-order chi connectivity index (χ0) is 14.8. The lowest BCUT2D eigenvalue weighted by atomic mass is 10.2. The van der Waals surface area contributed by atoms with Gasteiger partial charge in [0, 0.05) is 12.1 Å². The van der Waals surface area contributed by atoms with Gasteiger partial charge in [0.1, 0.15) is 4.90 Å². The highest BCUT2D eigenvalue weighted by molar-refractivity contribution is 7.89. The van der Waals surface area contributed by atoms with E-state index in [1.807, 2.05) is 0 Å². The number of nitrogens with one attached hydrogen (secondary N) is 1. The second-order valence-electron chi connectivity index (χ2n) is 4.98. The van der Waals surface area contributed by atoms with E-state index in [0.29, 0.717) is 23.9 Å². The zero-order valence-electron chi connectivity index (χ0n) is 11.2. The minimum Gasteiger partial charge on any atom is -0.320 e. The third kappa shape index (κ3) is 3.74. The normalized spacial score (nSPS) is 21.1. The van der Waals surface area contributed by atoms with Crippen LogP contribution in [0.4, 0.5) is 0 Å². The first kappa shape index (κ1) is 15.3. The topological polar surface area (TPSA) is 72.2 Å². The van der Waals surface area contributed by atoms with E-state index in [1.165, 1.54) is 6.07 Å². The molecule has 0 amide bonds. The Balaban J connectivity index is 2.14. The smallest absolute Gasteiger partial charge is 0.242 e. The molecule has 2 unspecified atom stereocenters. The van der Waals surface area contributed by atoms with Crippen LogP contribution in [0.1, 0.15) is 18.9 Å². The van der Waals surface area contributed by atoms with E-state index in [2.05, 4.69) is 23.5 Å². The molecule has 0 bridgehead atoms. The van der Waals surface area contributed by atoms with Gasteiger partial charge in [-0.05, 0) is 36.5 Å². The van der Waals surface area contributed by atoms with Crippen LogP contribution in [-0.4, -0.2) is 21.5 Å². The molecule has 2 rings (SSSR count). The van der Waals surface area contributed by atoms with Gasteiger partial charge in [-0.1, -0.05) is 30.4 Å². The quantitative estimate of drug-likeness (QED) is 0.829. The van der Waals surface area contributed by atoms with Crippen molar-refractivity contribution in [3.8, 4) is 11.8 Å². The first-order valence-electron chi connectivity index (χ1n) is 6.42. The Morgan fingerprint density at radius 2 is 2.20 bits per heavy atom. The van der Waals surface area contributed by atoms with Crippen LogP contribution in [-0.2, 0) is 10.0 Å². The van der Waals surface area contributed by atoms with Gasteiger partial charge < -0.3 is 5.73 Å². The first-order chi connectivity index (χ1) is 9.44. The van der Waals surface area contributed by atoms with Crippen molar-refractivity contribution in [1.82, 2.24) is 4.72 Å². The van der Waals surface area contributed by atoms with Crippen molar-refractivity contribution >= 4 is 21.6 Å². The molecule has 0 aliphatic heterocycles. The molecule has 1 aliphatic carbocycles. The fourth-order valence-electron chi connectivity index (χ4n) is 1.93. The van der Waals surface area contributed by atoms with Gasteiger partial charge in [-0.3, -0.25) is 0 Å². The van der Waals surface area contributed by atoms with Crippen LogP contribution >= 0.6 is 11.6 Å². The molecule has 3 N–H and O–H groups in total. The molecule has 1 fully saturated rings. The molecular formula is C14H17ClN2O2S. The molecule has 4 nitrogen and oxygen atoms in total. The van der Waals surface area contributed by atoms with Crippen molar-refractivity contribution in [2.24, 2.45) is 17.6 Å². The molecule has 1 aromatic rings. The van der Waals surface area contributed by atoms with Crippen LogP contribution in [0.25, 0.3) is 0 Å². The predicted octanol–water partition coefficient (Wildman–Crippen LogP) is 1.58. The van der Waals surface area contributed by atoms with Crippen LogP contribution in [0.5, 0.6) is 0 Å². The maximum absolute atomic E-state index is 12.2. The van der Waals surface area contributed by atoms with E-state index in [-0.39, 0.29) is 16.5 Å². The zero-order valence-corrected chi connectivity index (χ0v) is 12.8. The Kier molecular flexibility index (Phi) is 4.71. The number of nitrogens with two attached hydrogens (primary N) is 1. The van der Waals surface area contributed by atoms with Crippen LogP contribution in [0, 0.1) is 23.7 Å². The monoisotopic (exact) mass is 312 g/mol. The van der Waals surface area contributed by atoms with Gasteiger partial charge in [0.05, 0.1) is 11.6 Å². The summed E-state index contributed by atoms with van der Waals surface area (Å²) in [6.45, 7) is 2.82. The number of sulfonamides is 1. The molecule has 0 spiro atoms. The number of benzene rings is 1. The highest BCUT2D eigenvalue weighted by Gasteiger charge is 2.33. The van der Waals surface area contributed by atoms with Crippen molar-refractivity contribution in [2.75, 3.05) is 13.1 Å². The minimum absolute atomic E-state index is 0.0887. The molecule has 1 aliphatic rings. The van der Waals surface area contributed by atoms with Crippen LogP contribution in [0.15, 0.2) is 23.1 Å². The van der Waals surface area contributed by atoms with Gasteiger partial charge in [-0.15, -0.1) is 0 Å². The molecule has 0 heterocycles. The van der Waals surface area contributed by atoms with Gasteiger partial charge in [-0.2, -0.15) is 0 Å². The molecule has 6 heteroatoms. The van der Waals surface area contributed by atoms with E-state index in [9.17, 15) is 8.42 Å². The van der Waals surface area contributed by atoms with Crippen molar-refractivity contribution in [3.63, 3.8) is 0 Å². The molecule has 1 saturated carbocycles. The largest absolute Gasteiger partial charge is 0.320 e. The molecular weight excluding hydrogens is 296 g/mol. The summed E-state index contributed by atoms with van der Waals surface area (Å²) in [5.74, 6) is 6.55. The molecule has 1 aromatic carbocycles. The highest BCUT2D eigenvalue weighted by Crippen LogP contribution is 2.37. The maximum Gasteiger partial charge on any atom is 0.242 e. The number of rotatable bonds is 4. The second kappa shape index (κ2) is 6.15. The Labute approximate surface area is 124 Å². The van der Waals surface area contributed by atoms with E-state index in [0.717, 1.165) is 6.42 Å². The Bertz CT molecular complexity index is 661. The van der Waals surface area contributed by atoms with Crippen LogP contribution < -0.4 is 10.5 Å². The van der Waals surface area contributed by atoms with E-state index in [1.54, 1.807) is 12.1 Å². The summed E-state index contributed by atoms with van der Waals surface area (Å²) in [6, 6.07) is 4.64. The van der Waals surface area contributed by atoms with Gasteiger partial charge in [0.2, 0.25) is 10.0 Å². The fraction of sp³-hybridized carbons (Fsp3) is 0.429. The van der Waals surface area contributed by atoms with Crippen molar-refractivity contribution in [3.05, 3.63) is 28.8 Å². The Morgan fingerprint density at radius 3 is 2.75 bits per heavy atom. The highest BCUT2D eigenvalue weighted by atomic mass is 35.5. The van der Waals surface area contributed by atoms with E-state index in [4.69, 9.17) is 17.3 Å². The lowest BCUT2D eigenvalue weighted by molar-refractivity contribution is 0.574. The summed E-state index contributed by atoms with van der Waals surface area (Å²) in [4.78, 5) is 0.0887. The third-order valence-electron chi connectivity index (χ3n) is 3.37. The molecule has 20 heavy (non-hydrogen) atoms. The number of hydrogen-bond acceptors (Lipinski definition) is 3. The summed E-state index contributed by atoms with van der Waals surface area (Å²) < 4.78 is 26.9. The lowest BCUT2D eigenvalue weighted by Gasteiger charge is -2.08. The molecule has 0 aromatic heterocycles. The van der Waals surface area contributed by atoms with Gasteiger partial charge >= 0.3 is 0 Å². The summed E-state index contributed by atoms with van der Waals surface area (Å²) in [7, 11) is -3.56. The van der Waals surface area contributed by atoms with Crippen LogP contribution in [0.3, 0.4) is 0 Å². The average molecular weight is 313 g/mol. The van der Waals surface area contributed by atoms with Crippen LogP contribution in [0.2, 0.25) is 5.02 Å². The SMILES string of the molecule is CC1CC1CNS(=O)(=O)c1ccc(C#CCN)cc1Cl. The Morgan fingerprint density at radius 1 is 1.50 bits per heavy atom. The van der Waals surface area contributed by atoms with Gasteiger partial charge in [0.15, 0.2) is 0 Å². The summed E-state index contributed by atoms with van der Waals surface area (Å²) in [5.41, 5.74) is 5.93. The van der Waals surface area contributed by atoms with E-state index < -0.39 is 10.0 Å². The predicted molar refractivity (Wildman–Crippen MR) is 79.8 cm³/mol. The minimum atomic E-state index is -3.56. The third-order valence-corrected chi connectivity index (χ3v) is 5.27. The summed E-state index contributed by atoms with van der Waals surface area (Å²) in [6.07, 6.45) is 1.07. The molecule has 0 saturated heterocycles. The molecule has 2 atom stereocenters. The van der Waals surface area contributed by atoms with Crippen molar-refractivity contribution in [2.45, 2.75) is 18.2 Å². The molecule has 108 valence electrons.